The molecule has 0 atom stereocenters. The van der Waals surface area contributed by atoms with E-state index >= 15 is 0 Å². The van der Waals surface area contributed by atoms with Gasteiger partial charge in [0.05, 0.1) is 0 Å². The summed E-state index contributed by atoms with van der Waals surface area (Å²) < 4.78 is 52.6. The van der Waals surface area contributed by atoms with E-state index in [1.54, 1.807) is 14.1 Å². The van der Waals surface area contributed by atoms with Crippen LogP contribution in [-0.4, -0.2) is 51.3 Å². The smallest absolute Gasteiger partial charge is 0.267 e. The van der Waals surface area contributed by atoms with E-state index in [-0.39, 0.29) is 0 Å². The largest absolute Gasteiger partial charge is 0.382 e. The maximum atomic E-state index is 14.0. The Kier molecular flexibility index (Phi) is 5.58. The number of nitrogens with zero attached hydrogens (tertiary/aromatic N) is 2. The highest BCUT2D eigenvalue weighted by molar-refractivity contribution is 7.96. The molecule has 1 aromatic rings. The minimum Gasteiger partial charge on any atom is -0.382 e. The maximum absolute atomic E-state index is 14.0. The normalized spacial score (nSPS) is 16.2. The van der Waals surface area contributed by atoms with Crippen LogP contribution in [-0.2, 0) is 14.6 Å². The third kappa shape index (κ3) is 3.92. The van der Waals surface area contributed by atoms with Crippen molar-refractivity contribution in [1.82, 2.24) is 9.80 Å². The van der Waals surface area contributed by atoms with Crippen LogP contribution >= 0.6 is 0 Å². The number of sulfone groups is 1. The van der Waals surface area contributed by atoms with Crippen LogP contribution in [0.15, 0.2) is 34.2 Å². The first-order valence-electron chi connectivity index (χ1n) is 7.61. The predicted octanol–water partition coefficient (Wildman–Crippen LogP) is 2.15. The van der Waals surface area contributed by atoms with Crippen LogP contribution in [0, 0.1) is 11.6 Å². The molecule has 1 aliphatic heterocycles. The number of carbonyl (C=O) groups excluding carboxylic acids is 1. The van der Waals surface area contributed by atoms with E-state index in [0.717, 1.165) is 37.6 Å². The molecule has 0 aromatic heterocycles. The Morgan fingerprint density at radius 3 is 2.33 bits per heavy atom. The molecule has 0 bridgehead atoms. The monoisotopic (exact) mass is 358 g/mol. The van der Waals surface area contributed by atoms with Crippen molar-refractivity contribution in [3.05, 3.63) is 40.9 Å². The third-order valence-corrected chi connectivity index (χ3v) is 5.47. The number of hydrogen-bond acceptors (Lipinski definition) is 4. The quantitative estimate of drug-likeness (QED) is 0.611. The molecule has 0 saturated carbocycles. The Labute approximate surface area is 140 Å². The van der Waals surface area contributed by atoms with Crippen molar-refractivity contribution in [1.29, 1.82) is 0 Å². The van der Waals surface area contributed by atoms with Gasteiger partial charge in [-0.05, 0) is 31.4 Å². The second-order valence-electron chi connectivity index (χ2n) is 5.89. The van der Waals surface area contributed by atoms with Crippen molar-refractivity contribution in [3.8, 4) is 0 Å². The first kappa shape index (κ1) is 18.4. The van der Waals surface area contributed by atoms with E-state index in [1.807, 2.05) is 0 Å². The van der Waals surface area contributed by atoms with Gasteiger partial charge in [-0.3, -0.25) is 4.79 Å². The Bertz CT molecular complexity index is 755. The second-order valence-corrected chi connectivity index (χ2v) is 7.77. The Balaban J connectivity index is 2.48. The first-order chi connectivity index (χ1) is 11.2. The van der Waals surface area contributed by atoms with Crippen molar-refractivity contribution >= 4 is 15.7 Å². The summed E-state index contributed by atoms with van der Waals surface area (Å²) in [4.78, 5) is 14.3. The fourth-order valence-corrected chi connectivity index (χ4v) is 4.05. The number of carbonyl (C=O) groups is 1. The zero-order valence-corrected chi connectivity index (χ0v) is 14.4. The van der Waals surface area contributed by atoms with Crippen LogP contribution in [0.2, 0.25) is 0 Å². The zero-order chi connectivity index (χ0) is 17.9. The molecule has 0 radical (unpaired) electrons. The fourth-order valence-electron chi connectivity index (χ4n) is 2.54. The summed E-state index contributed by atoms with van der Waals surface area (Å²) in [7, 11) is -1.27. The lowest BCUT2D eigenvalue weighted by molar-refractivity contribution is -0.127. The number of likely N-dealkylation sites (tertiary alicyclic amines) is 1. The number of benzene rings is 1. The molecular weight excluding hydrogens is 338 g/mol. The molecular formula is C16H20F2N2O3S. The van der Waals surface area contributed by atoms with Crippen molar-refractivity contribution in [3.63, 3.8) is 0 Å². The summed E-state index contributed by atoms with van der Waals surface area (Å²) in [6.07, 6.45) is 3.74. The summed E-state index contributed by atoms with van der Waals surface area (Å²) in [6.45, 7) is 0.927. The third-order valence-electron chi connectivity index (χ3n) is 3.70. The molecule has 1 amide bonds. The predicted molar refractivity (Wildman–Crippen MR) is 85.7 cm³/mol. The minimum atomic E-state index is -4.41. The number of halogens is 2. The SMILES string of the molecule is CN(C)/C=C(/C(=O)N1CCCCC1)S(=O)(=O)c1ccc(F)cc1F. The lowest BCUT2D eigenvalue weighted by Gasteiger charge is -2.28. The van der Waals surface area contributed by atoms with Crippen LogP contribution < -0.4 is 0 Å². The molecule has 0 N–H and O–H groups in total. The Morgan fingerprint density at radius 1 is 1.17 bits per heavy atom. The maximum Gasteiger partial charge on any atom is 0.267 e. The van der Waals surface area contributed by atoms with Crippen LogP contribution in [0.4, 0.5) is 8.78 Å². The molecule has 1 fully saturated rings. The number of amides is 1. The summed E-state index contributed by atoms with van der Waals surface area (Å²) in [6, 6.07) is 2.19. The Morgan fingerprint density at radius 2 is 1.79 bits per heavy atom. The van der Waals surface area contributed by atoms with Gasteiger partial charge in [-0.25, -0.2) is 17.2 Å². The van der Waals surface area contributed by atoms with Gasteiger partial charge in [0.15, 0.2) is 4.91 Å². The van der Waals surface area contributed by atoms with Gasteiger partial charge in [-0.1, -0.05) is 0 Å². The molecule has 8 heteroatoms. The van der Waals surface area contributed by atoms with Gasteiger partial charge in [0.1, 0.15) is 16.5 Å². The van der Waals surface area contributed by atoms with Crippen molar-refractivity contribution in [2.75, 3.05) is 27.2 Å². The van der Waals surface area contributed by atoms with Crippen LogP contribution in [0.5, 0.6) is 0 Å². The van der Waals surface area contributed by atoms with Crippen molar-refractivity contribution < 1.29 is 22.0 Å². The lowest BCUT2D eigenvalue weighted by Crippen LogP contribution is -2.38. The first-order valence-corrected chi connectivity index (χ1v) is 9.09. The average molecular weight is 358 g/mol. The summed E-state index contributed by atoms with van der Waals surface area (Å²) >= 11 is 0. The molecule has 0 aliphatic carbocycles. The van der Waals surface area contributed by atoms with E-state index in [0.29, 0.717) is 19.2 Å². The summed E-state index contributed by atoms with van der Waals surface area (Å²) in [5, 5.41) is 0. The van der Waals surface area contributed by atoms with Gasteiger partial charge in [-0.2, -0.15) is 0 Å². The van der Waals surface area contributed by atoms with E-state index < -0.39 is 37.2 Å². The van der Waals surface area contributed by atoms with Gasteiger partial charge < -0.3 is 9.80 Å². The van der Waals surface area contributed by atoms with E-state index in [4.69, 9.17) is 0 Å². The summed E-state index contributed by atoms with van der Waals surface area (Å²) in [5.41, 5.74) is 0. The van der Waals surface area contributed by atoms with Gasteiger partial charge in [0.2, 0.25) is 9.84 Å². The van der Waals surface area contributed by atoms with E-state index in [1.165, 1.54) is 9.80 Å². The molecule has 1 heterocycles. The van der Waals surface area contributed by atoms with E-state index in [9.17, 15) is 22.0 Å². The van der Waals surface area contributed by atoms with Gasteiger partial charge in [0.25, 0.3) is 5.91 Å². The van der Waals surface area contributed by atoms with Gasteiger partial charge in [0, 0.05) is 39.5 Å². The van der Waals surface area contributed by atoms with Crippen LogP contribution in [0.3, 0.4) is 0 Å². The molecule has 1 aromatic carbocycles. The van der Waals surface area contributed by atoms with Gasteiger partial charge in [-0.15, -0.1) is 0 Å². The highest BCUT2D eigenvalue weighted by atomic mass is 32.2. The summed E-state index contributed by atoms with van der Waals surface area (Å²) in [5.74, 6) is -2.76. The van der Waals surface area contributed by atoms with E-state index in [2.05, 4.69) is 0 Å². The highest BCUT2D eigenvalue weighted by Crippen LogP contribution is 2.25. The minimum absolute atomic E-state index is 0.463. The van der Waals surface area contributed by atoms with Crippen LogP contribution in [0.1, 0.15) is 19.3 Å². The standard InChI is InChI=1S/C16H20F2N2O3S/c1-19(2)11-15(16(21)20-8-4-3-5-9-20)24(22,23)14-7-6-12(17)10-13(14)18/h6-7,10-11H,3-5,8-9H2,1-2H3/b15-11-. The van der Waals surface area contributed by atoms with Crippen molar-refractivity contribution in [2.24, 2.45) is 0 Å². The fraction of sp³-hybridized carbons (Fsp3) is 0.438. The number of piperidine rings is 1. The van der Waals surface area contributed by atoms with Gasteiger partial charge >= 0.3 is 0 Å². The molecule has 2 rings (SSSR count). The average Bonchev–Trinajstić information content (AvgIpc) is 2.52. The molecule has 132 valence electrons. The molecule has 1 aliphatic rings. The molecule has 5 nitrogen and oxygen atoms in total. The highest BCUT2D eigenvalue weighted by Gasteiger charge is 2.33. The van der Waals surface area contributed by atoms with Crippen molar-refractivity contribution in [2.45, 2.75) is 24.2 Å². The molecule has 24 heavy (non-hydrogen) atoms. The molecule has 0 unspecified atom stereocenters. The Hall–Kier alpha value is -1.96. The molecule has 0 spiro atoms. The zero-order valence-electron chi connectivity index (χ0n) is 13.6. The topological polar surface area (TPSA) is 57.7 Å². The van der Waals surface area contributed by atoms with Crippen LogP contribution in [0.25, 0.3) is 0 Å². The second kappa shape index (κ2) is 7.29. The lowest BCUT2D eigenvalue weighted by atomic mass is 10.1. The number of hydrogen-bond donors (Lipinski definition) is 0. The molecule has 1 saturated heterocycles. The number of rotatable bonds is 4.